The van der Waals surface area contributed by atoms with E-state index in [0.29, 0.717) is 5.02 Å². The van der Waals surface area contributed by atoms with Crippen molar-refractivity contribution in [3.8, 4) is 11.1 Å². The molecule has 6 nitrogen and oxygen atoms in total. The highest BCUT2D eigenvalue weighted by Crippen LogP contribution is 2.51. The second kappa shape index (κ2) is 14.3. The van der Waals surface area contributed by atoms with Crippen molar-refractivity contribution in [2.24, 2.45) is 5.73 Å². The summed E-state index contributed by atoms with van der Waals surface area (Å²) in [5.41, 5.74) is 10.6. The highest BCUT2D eigenvalue weighted by Gasteiger charge is 2.25. The van der Waals surface area contributed by atoms with E-state index in [1.165, 1.54) is 0 Å². The molecular formula is C29H33ClNO5P. The van der Waals surface area contributed by atoms with E-state index in [1.807, 2.05) is 66.7 Å². The molecule has 0 radical (unpaired) electrons. The van der Waals surface area contributed by atoms with E-state index in [0.717, 1.165) is 27.8 Å². The van der Waals surface area contributed by atoms with Crippen molar-refractivity contribution in [2.45, 2.75) is 32.5 Å². The van der Waals surface area contributed by atoms with Crippen LogP contribution in [-0.2, 0) is 35.7 Å². The second-order valence-corrected chi connectivity index (χ2v) is 10.9. The van der Waals surface area contributed by atoms with Crippen LogP contribution in [0.15, 0.2) is 78.9 Å². The van der Waals surface area contributed by atoms with Crippen LogP contribution in [-0.4, -0.2) is 31.8 Å². The van der Waals surface area contributed by atoms with Gasteiger partial charge in [-0.15, -0.1) is 0 Å². The van der Waals surface area contributed by atoms with Gasteiger partial charge in [0.1, 0.15) is 12.6 Å². The molecule has 0 bridgehead atoms. The molecule has 1 unspecified atom stereocenters. The maximum atomic E-state index is 13.2. The lowest BCUT2D eigenvalue weighted by atomic mass is 9.97. The number of benzene rings is 3. The third-order valence-corrected chi connectivity index (χ3v) is 7.76. The summed E-state index contributed by atoms with van der Waals surface area (Å²) < 4.78 is 29.5. The van der Waals surface area contributed by atoms with Gasteiger partial charge in [0.15, 0.2) is 0 Å². The number of halogens is 1. The van der Waals surface area contributed by atoms with Gasteiger partial charge in [-0.2, -0.15) is 0 Å². The fourth-order valence-corrected chi connectivity index (χ4v) is 5.65. The summed E-state index contributed by atoms with van der Waals surface area (Å²) in [7, 11) is -3.33. The zero-order valence-corrected chi connectivity index (χ0v) is 22.8. The molecule has 2 N–H and O–H groups in total. The van der Waals surface area contributed by atoms with Gasteiger partial charge in [-0.1, -0.05) is 78.3 Å². The average Bonchev–Trinajstić information content (AvgIpc) is 2.87. The highest BCUT2D eigenvalue weighted by molar-refractivity contribution is 7.53. The van der Waals surface area contributed by atoms with Crippen LogP contribution in [0.2, 0.25) is 5.02 Å². The van der Waals surface area contributed by atoms with Crippen LogP contribution in [0.1, 0.15) is 30.5 Å². The quantitative estimate of drug-likeness (QED) is 0.187. The van der Waals surface area contributed by atoms with E-state index in [1.54, 1.807) is 32.1 Å². The van der Waals surface area contributed by atoms with Crippen molar-refractivity contribution < 1.29 is 23.1 Å². The van der Waals surface area contributed by atoms with Crippen molar-refractivity contribution >= 4 is 31.2 Å². The normalized spacial score (nSPS) is 12.5. The fraction of sp³-hybridized carbons (Fsp3) is 0.276. The van der Waals surface area contributed by atoms with E-state index in [2.05, 4.69) is 0 Å². The molecule has 0 spiro atoms. The third kappa shape index (κ3) is 9.26. The fourth-order valence-electron chi connectivity index (χ4n) is 3.85. The first-order chi connectivity index (χ1) is 17.8. The molecule has 0 aliphatic rings. The van der Waals surface area contributed by atoms with Crippen LogP contribution in [0.4, 0.5) is 0 Å². The molecule has 0 heterocycles. The molecule has 0 saturated heterocycles. The van der Waals surface area contributed by atoms with Crippen LogP contribution in [0.5, 0.6) is 0 Å². The standard InChI is InChI=1S/C29H33ClNO5P/c1-3-35-37(33,36-4-2)21-24-17-23(18-26(19-24)25-12-14-27(30)15-13-25)20-28(31)29(32)34-16-8-11-22-9-6-5-7-10-22/h5-15,17-19,28H,3-4,16,20-21,31H2,1-2H3/b11-8+. The summed E-state index contributed by atoms with van der Waals surface area (Å²) in [5, 5.41) is 0.628. The lowest BCUT2D eigenvalue weighted by Gasteiger charge is -2.19. The van der Waals surface area contributed by atoms with Crippen LogP contribution < -0.4 is 5.73 Å². The number of hydrogen-bond acceptors (Lipinski definition) is 6. The Kier molecular flexibility index (Phi) is 11.1. The van der Waals surface area contributed by atoms with E-state index in [9.17, 15) is 9.36 Å². The topological polar surface area (TPSA) is 87.9 Å². The Hall–Kier alpha value is -2.73. The Morgan fingerprint density at radius 2 is 1.59 bits per heavy atom. The van der Waals surface area contributed by atoms with Crippen LogP contribution in [0.3, 0.4) is 0 Å². The predicted octanol–water partition coefficient (Wildman–Crippen LogP) is 6.90. The van der Waals surface area contributed by atoms with Gasteiger partial charge < -0.3 is 19.5 Å². The van der Waals surface area contributed by atoms with Crippen LogP contribution >= 0.6 is 19.2 Å². The van der Waals surface area contributed by atoms with E-state index in [-0.39, 0.29) is 32.4 Å². The largest absolute Gasteiger partial charge is 0.460 e. The van der Waals surface area contributed by atoms with Gasteiger partial charge in [-0.3, -0.25) is 9.36 Å². The van der Waals surface area contributed by atoms with Crippen LogP contribution in [0.25, 0.3) is 17.2 Å². The number of ether oxygens (including phenoxy) is 1. The second-order valence-electron chi connectivity index (χ2n) is 8.40. The zero-order valence-electron chi connectivity index (χ0n) is 21.1. The molecule has 0 aliphatic carbocycles. The lowest BCUT2D eigenvalue weighted by molar-refractivity contribution is -0.143. The molecule has 8 heteroatoms. The van der Waals surface area contributed by atoms with Crippen molar-refractivity contribution in [1.29, 1.82) is 0 Å². The number of nitrogens with two attached hydrogens (primary N) is 1. The summed E-state index contributed by atoms with van der Waals surface area (Å²) >= 11 is 6.07. The summed E-state index contributed by atoms with van der Waals surface area (Å²) in [5.74, 6) is -0.495. The minimum Gasteiger partial charge on any atom is -0.460 e. The number of esters is 1. The van der Waals surface area contributed by atoms with Crippen LogP contribution in [0, 0.1) is 0 Å². The summed E-state index contributed by atoms with van der Waals surface area (Å²) in [6.45, 7) is 4.23. The minimum absolute atomic E-state index is 0.104. The van der Waals surface area contributed by atoms with Crippen molar-refractivity contribution in [3.05, 3.63) is 101 Å². The van der Waals surface area contributed by atoms with Gasteiger partial charge in [0, 0.05) is 5.02 Å². The number of carbonyl (C=O) groups excluding carboxylic acids is 1. The average molecular weight is 542 g/mol. The smallest absolute Gasteiger partial charge is 0.335 e. The first-order valence-electron chi connectivity index (χ1n) is 12.2. The first kappa shape index (κ1) is 28.8. The minimum atomic E-state index is -3.33. The molecule has 3 aromatic carbocycles. The molecule has 0 amide bonds. The number of rotatable bonds is 13. The summed E-state index contributed by atoms with van der Waals surface area (Å²) in [4.78, 5) is 12.6. The predicted molar refractivity (Wildman–Crippen MR) is 150 cm³/mol. The molecule has 3 rings (SSSR count). The van der Waals surface area contributed by atoms with E-state index >= 15 is 0 Å². The van der Waals surface area contributed by atoms with Crippen molar-refractivity contribution in [2.75, 3.05) is 19.8 Å². The van der Waals surface area contributed by atoms with Gasteiger partial charge in [-0.05, 0) is 66.3 Å². The highest BCUT2D eigenvalue weighted by atomic mass is 35.5. The monoisotopic (exact) mass is 541 g/mol. The molecule has 0 aromatic heterocycles. The number of carbonyl (C=O) groups is 1. The van der Waals surface area contributed by atoms with Gasteiger partial charge in [-0.25, -0.2) is 0 Å². The van der Waals surface area contributed by atoms with E-state index in [4.69, 9.17) is 31.1 Å². The van der Waals surface area contributed by atoms with Gasteiger partial charge in [0.05, 0.1) is 19.4 Å². The molecule has 0 saturated carbocycles. The Bertz CT molecular complexity index is 1220. The zero-order chi connectivity index (χ0) is 26.7. The maximum Gasteiger partial charge on any atom is 0.335 e. The molecule has 196 valence electrons. The summed E-state index contributed by atoms with van der Waals surface area (Å²) in [6, 6.07) is 22.1. The Balaban J connectivity index is 1.77. The Morgan fingerprint density at radius 1 is 0.946 bits per heavy atom. The molecular weight excluding hydrogens is 509 g/mol. The molecule has 1 atom stereocenters. The SMILES string of the molecule is CCOP(=O)(Cc1cc(CC(N)C(=O)OC/C=C/c2ccccc2)cc(-c2ccc(Cl)cc2)c1)OCC. The number of hydrogen-bond donors (Lipinski definition) is 1. The van der Waals surface area contributed by atoms with E-state index < -0.39 is 19.6 Å². The maximum absolute atomic E-state index is 13.2. The Labute approximate surface area is 223 Å². The first-order valence-corrected chi connectivity index (χ1v) is 14.3. The van der Waals surface area contributed by atoms with Gasteiger partial charge in [0.25, 0.3) is 0 Å². The lowest BCUT2D eigenvalue weighted by Crippen LogP contribution is -2.34. The molecule has 3 aromatic rings. The Morgan fingerprint density at radius 3 is 2.24 bits per heavy atom. The van der Waals surface area contributed by atoms with Gasteiger partial charge >= 0.3 is 13.6 Å². The van der Waals surface area contributed by atoms with Crippen molar-refractivity contribution in [1.82, 2.24) is 0 Å². The van der Waals surface area contributed by atoms with Gasteiger partial charge in [0.2, 0.25) is 0 Å². The third-order valence-electron chi connectivity index (χ3n) is 5.45. The molecule has 0 fully saturated rings. The van der Waals surface area contributed by atoms with Crippen molar-refractivity contribution in [3.63, 3.8) is 0 Å². The summed E-state index contributed by atoms with van der Waals surface area (Å²) in [6.07, 6.45) is 4.02. The molecule has 0 aliphatic heterocycles. The molecule has 37 heavy (non-hydrogen) atoms.